The molecule has 1 rings (SSSR count). The van der Waals surface area contributed by atoms with Crippen molar-refractivity contribution < 1.29 is 8.78 Å². The quantitative estimate of drug-likeness (QED) is 0.587. The average Bonchev–Trinajstić information content (AvgIpc) is 2.34. The van der Waals surface area contributed by atoms with Crippen LogP contribution in [0.4, 0.5) is 8.78 Å². The fraction of sp³-hybridized carbons (Fsp3) is 0.286. The SMILES string of the molecule is C#Cc1ccn(CC(F)F)n1. The molecule has 0 N–H and O–H groups in total. The van der Waals surface area contributed by atoms with E-state index in [2.05, 4.69) is 11.0 Å². The Hall–Kier alpha value is -1.37. The molecule has 0 aromatic carbocycles. The zero-order chi connectivity index (χ0) is 8.27. The summed E-state index contributed by atoms with van der Waals surface area (Å²) in [5.74, 6) is 2.24. The Morgan fingerprint density at radius 1 is 1.73 bits per heavy atom. The summed E-state index contributed by atoms with van der Waals surface area (Å²) in [6, 6.07) is 1.52. The summed E-state index contributed by atoms with van der Waals surface area (Å²) in [4.78, 5) is 0. The van der Waals surface area contributed by atoms with E-state index in [4.69, 9.17) is 6.42 Å². The van der Waals surface area contributed by atoms with Gasteiger partial charge in [-0.3, -0.25) is 4.68 Å². The molecule has 0 aliphatic rings. The molecule has 1 aromatic heterocycles. The van der Waals surface area contributed by atoms with Gasteiger partial charge in [-0.2, -0.15) is 5.10 Å². The Bertz CT molecular complexity index is 272. The summed E-state index contributed by atoms with van der Waals surface area (Å²) in [5.41, 5.74) is 0.380. The van der Waals surface area contributed by atoms with Gasteiger partial charge in [0.15, 0.2) is 0 Å². The van der Waals surface area contributed by atoms with Crippen LogP contribution in [-0.4, -0.2) is 16.2 Å². The lowest BCUT2D eigenvalue weighted by Crippen LogP contribution is -2.06. The first-order valence-corrected chi connectivity index (χ1v) is 3.00. The van der Waals surface area contributed by atoms with E-state index in [1.54, 1.807) is 0 Å². The number of nitrogens with zero attached hydrogens (tertiary/aromatic N) is 2. The summed E-state index contributed by atoms with van der Waals surface area (Å²) in [6.45, 7) is -0.401. The highest BCUT2D eigenvalue weighted by Gasteiger charge is 2.03. The molecule has 0 saturated heterocycles. The summed E-state index contributed by atoms with van der Waals surface area (Å²) in [6.07, 6.45) is 4.02. The summed E-state index contributed by atoms with van der Waals surface area (Å²) >= 11 is 0. The van der Waals surface area contributed by atoms with E-state index in [0.717, 1.165) is 4.68 Å². The molecule has 0 fully saturated rings. The molecule has 2 nitrogen and oxygen atoms in total. The zero-order valence-corrected chi connectivity index (χ0v) is 5.67. The molecule has 0 aliphatic carbocycles. The molecular formula is C7H6F2N2. The zero-order valence-electron chi connectivity index (χ0n) is 5.67. The molecule has 4 heteroatoms. The second-order valence-corrected chi connectivity index (χ2v) is 1.96. The molecule has 0 unspecified atom stereocenters. The third kappa shape index (κ3) is 2.04. The highest BCUT2D eigenvalue weighted by molar-refractivity contribution is 5.21. The number of halogens is 2. The average molecular weight is 156 g/mol. The van der Waals surface area contributed by atoms with Crippen molar-refractivity contribution >= 4 is 0 Å². The van der Waals surface area contributed by atoms with Crippen LogP contribution in [0, 0.1) is 12.3 Å². The third-order valence-electron chi connectivity index (χ3n) is 1.11. The first-order chi connectivity index (χ1) is 5.22. The number of rotatable bonds is 2. The topological polar surface area (TPSA) is 17.8 Å². The normalized spacial score (nSPS) is 10.0. The molecule has 0 spiro atoms. The van der Waals surface area contributed by atoms with E-state index in [0.29, 0.717) is 5.69 Å². The van der Waals surface area contributed by atoms with Crippen LogP contribution in [0.25, 0.3) is 0 Å². The van der Waals surface area contributed by atoms with Crippen molar-refractivity contribution in [2.75, 3.05) is 0 Å². The van der Waals surface area contributed by atoms with E-state index >= 15 is 0 Å². The van der Waals surface area contributed by atoms with Gasteiger partial charge in [0, 0.05) is 6.20 Å². The van der Waals surface area contributed by atoms with Crippen LogP contribution < -0.4 is 0 Å². The molecule has 0 saturated carbocycles. The molecule has 0 bridgehead atoms. The van der Waals surface area contributed by atoms with E-state index in [-0.39, 0.29) is 0 Å². The number of hydrogen-bond acceptors (Lipinski definition) is 1. The van der Waals surface area contributed by atoms with Gasteiger partial charge in [-0.05, 0) is 12.0 Å². The molecule has 58 valence electrons. The van der Waals surface area contributed by atoms with Crippen LogP contribution in [0.5, 0.6) is 0 Å². The minimum atomic E-state index is -2.39. The predicted molar refractivity (Wildman–Crippen MR) is 36.2 cm³/mol. The second kappa shape index (κ2) is 3.15. The highest BCUT2D eigenvalue weighted by Crippen LogP contribution is 1.98. The van der Waals surface area contributed by atoms with Gasteiger partial charge in [-0.1, -0.05) is 0 Å². The van der Waals surface area contributed by atoms with Gasteiger partial charge in [0.2, 0.25) is 0 Å². The van der Waals surface area contributed by atoms with Crippen molar-refractivity contribution in [3.63, 3.8) is 0 Å². The van der Waals surface area contributed by atoms with Crippen LogP contribution in [0.2, 0.25) is 0 Å². The lowest BCUT2D eigenvalue weighted by atomic mass is 10.5. The van der Waals surface area contributed by atoms with Gasteiger partial charge in [0.25, 0.3) is 6.43 Å². The minimum absolute atomic E-state index is 0.380. The monoisotopic (exact) mass is 156 g/mol. The highest BCUT2D eigenvalue weighted by atomic mass is 19.3. The maximum Gasteiger partial charge on any atom is 0.257 e. The van der Waals surface area contributed by atoms with Crippen molar-refractivity contribution in [1.29, 1.82) is 0 Å². The molecular weight excluding hydrogens is 150 g/mol. The third-order valence-corrected chi connectivity index (χ3v) is 1.11. The maximum atomic E-state index is 11.7. The lowest BCUT2D eigenvalue weighted by molar-refractivity contribution is 0.122. The molecule has 1 heterocycles. The first kappa shape index (κ1) is 7.73. The predicted octanol–water partition coefficient (Wildman–Crippen LogP) is 1.13. The Balaban J connectivity index is 2.67. The Morgan fingerprint density at radius 2 is 2.45 bits per heavy atom. The van der Waals surface area contributed by atoms with Gasteiger partial charge in [0.05, 0.1) is 0 Å². The van der Waals surface area contributed by atoms with Crippen LogP contribution in [0.15, 0.2) is 12.3 Å². The summed E-state index contributed by atoms with van der Waals surface area (Å²) in [5, 5.41) is 3.67. The summed E-state index contributed by atoms with van der Waals surface area (Å²) in [7, 11) is 0. The van der Waals surface area contributed by atoms with Crippen molar-refractivity contribution in [1.82, 2.24) is 9.78 Å². The van der Waals surface area contributed by atoms with Crippen LogP contribution >= 0.6 is 0 Å². The van der Waals surface area contributed by atoms with Gasteiger partial charge < -0.3 is 0 Å². The molecule has 0 radical (unpaired) electrons. The minimum Gasteiger partial charge on any atom is -0.266 e. The van der Waals surface area contributed by atoms with Gasteiger partial charge in [0.1, 0.15) is 12.2 Å². The molecule has 11 heavy (non-hydrogen) atoms. The van der Waals surface area contributed by atoms with Gasteiger partial charge in [-0.15, -0.1) is 6.42 Å². The lowest BCUT2D eigenvalue weighted by Gasteiger charge is -1.96. The fourth-order valence-electron chi connectivity index (χ4n) is 0.682. The largest absolute Gasteiger partial charge is 0.266 e. The number of alkyl halides is 2. The van der Waals surface area contributed by atoms with E-state index in [1.165, 1.54) is 12.3 Å². The number of aromatic nitrogens is 2. The summed E-state index contributed by atoms with van der Waals surface area (Å²) < 4.78 is 24.6. The van der Waals surface area contributed by atoms with Gasteiger partial charge >= 0.3 is 0 Å². The van der Waals surface area contributed by atoms with Crippen molar-refractivity contribution in [3.05, 3.63) is 18.0 Å². The van der Waals surface area contributed by atoms with Gasteiger partial charge in [-0.25, -0.2) is 8.78 Å². The van der Waals surface area contributed by atoms with Crippen molar-refractivity contribution in [2.24, 2.45) is 0 Å². The number of terminal acetylenes is 1. The second-order valence-electron chi connectivity index (χ2n) is 1.96. The smallest absolute Gasteiger partial charge is 0.257 e. The van der Waals surface area contributed by atoms with Crippen molar-refractivity contribution in [2.45, 2.75) is 13.0 Å². The Morgan fingerprint density at radius 3 is 2.91 bits per heavy atom. The molecule has 0 atom stereocenters. The van der Waals surface area contributed by atoms with E-state index < -0.39 is 13.0 Å². The number of hydrogen-bond donors (Lipinski definition) is 0. The standard InChI is InChI=1S/C7H6F2N2/c1-2-6-3-4-11(10-6)5-7(8)9/h1,3-4,7H,5H2. The van der Waals surface area contributed by atoms with E-state index in [9.17, 15) is 8.78 Å². The Kier molecular flexibility index (Phi) is 2.21. The first-order valence-electron chi connectivity index (χ1n) is 3.00. The van der Waals surface area contributed by atoms with E-state index in [1.807, 2.05) is 0 Å². The van der Waals surface area contributed by atoms with Crippen molar-refractivity contribution in [3.8, 4) is 12.3 Å². The van der Waals surface area contributed by atoms with Crippen LogP contribution in [0.3, 0.4) is 0 Å². The molecule has 0 amide bonds. The molecule has 1 aromatic rings. The fourth-order valence-corrected chi connectivity index (χ4v) is 0.682. The molecule has 0 aliphatic heterocycles. The van der Waals surface area contributed by atoms with Crippen LogP contribution in [0.1, 0.15) is 5.69 Å². The Labute approximate surface area is 62.8 Å². The van der Waals surface area contributed by atoms with Crippen LogP contribution in [-0.2, 0) is 6.54 Å². The maximum absolute atomic E-state index is 11.7.